The standard InChI is InChI=1S/C23H23NO6/c1-13-22(17-7-5-6-8-18(17)24-13)23(27)15(3)30-21(26)12-29-19-10-9-16(14(2)25)11-20(19)28-4/h5-11,15,24H,12H2,1-4H3/t15-/m0/s1. The molecule has 0 saturated heterocycles. The predicted molar refractivity (Wildman–Crippen MR) is 111 cm³/mol. The first-order valence-electron chi connectivity index (χ1n) is 9.44. The van der Waals surface area contributed by atoms with Crippen LogP contribution in [0.4, 0.5) is 0 Å². The Bertz CT molecular complexity index is 1110. The van der Waals surface area contributed by atoms with Crippen LogP contribution in [-0.2, 0) is 9.53 Å². The van der Waals surface area contributed by atoms with E-state index in [1.54, 1.807) is 12.1 Å². The van der Waals surface area contributed by atoms with Gasteiger partial charge in [-0.15, -0.1) is 0 Å². The number of benzene rings is 2. The molecule has 1 atom stereocenters. The van der Waals surface area contributed by atoms with Gasteiger partial charge in [0.15, 0.2) is 30.0 Å². The van der Waals surface area contributed by atoms with Crippen LogP contribution in [0.25, 0.3) is 10.9 Å². The van der Waals surface area contributed by atoms with Crippen LogP contribution in [0.15, 0.2) is 42.5 Å². The highest BCUT2D eigenvalue weighted by atomic mass is 16.6. The summed E-state index contributed by atoms with van der Waals surface area (Å²) in [6.45, 7) is 4.38. The maximum atomic E-state index is 12.9. The van der Waals surface area contributed by atoms with E-state index in [1.807, 2.05) is 31.2 Å². The first kappa shape index (κ1) is 21.1. The van der Waals surface area contributed by atoms with Gasteiger partial charge in [-0.2, -0.15) is 0 Å². The van der Waals surface area contributed by atoms with Crippen LogP contribution in [-0.4, -0.2) is 42.3 Å². The van der Waals surface area contributed by atoms with Crippen molar-refractivity contribution in [2.75, 3.05) is 13.7 Å². The number of Topliss-reactive ketones (excluding diaryl/α,β-unsaturated/α-hetero) is 2. The van der Waals surface area contributed by atoms with Crippen molar-refractivity contribution in [2.24, 2.45) is 0 Å². The van der Waals surface area contributed by atoms with Crippen LogP contribution in [0, 0.1) is 6.92 Å². The summed E-state index contributed by atoms with van der Waals surface area (Å²) < 4.78 is 15.9. The summed E-state index contributed by atoms with van der Waals surface area (Å²) >= 11 is 0. The van der Waals surface area contributed by atoms with E-state index in [2.05, 4.69) is 4.98 Å². The molecule has 0 fully saturated rings. The molecule has 1 N–H and O–H groups in total. The minimum atomic E-state index is -0.971. The number of hydrogen-bond donors (Lipinski definition) is 1. The molecule has 0 aliphatic carbocycles. The number of aromatic nitrogens is 1. The lowest BCUT2D eigenvalue weighted by Gasteiger charge is -2.14. The number of nitrogens with one attached hydrogen (secondary N) is 1. The van der Waals surface area contributed by atoms with Crippen molar-refractivity contribution in [3.05, 3.63) is 59.3 Å². The molecule has 0 bridgehead atoms. The van der Waals surface area contributed by atoms with Gasteiger partial charge < -0.3 is 19.2 Å². The first-order valence-corrected chi connectivity index (χ1v) is 9.44. The maximum Gasteiger partial charge on any atom is 0.344 e. The second kappa shape index (κ2) is 8.82. The predicted octanol–water partition coefficient (Wildman–Crippen LogP) is 3.88. The molecule has 3 rings (SSSR count). The Hall–Kier alpha value is -3.61. The Morgan fingerprint density at radius 3 is 2.50 bits per heavy atom. The lowest BCUT2D eigenvalue weighted by molar-refractivity contribution is -0.148. The van der Waals surface area contributed by atoms with Gasteiger partial charge in [-0.05, 0) is 45.0 Å². The van der Waals surface area contributed by atoms with Gasteiger partial charge in [0.05, 0.1) is 7.11 Å². The number of carbonyl (C=O) groups is 3. The molecule has 0 aliphatic heterocycles. The second-order valence-corrected chi connectivity index (χ2v) is 6.88. The molecule has 30 heavy (non-hydrogen) atoms. The maximum absolute atomic E-state index is 12.9. The van der Waals surface area contributed by atoms with Gasteiger partial charge in [0.2, 0.25) is 5.78 Å². The fourth-order valence-corrected chi connectivity index (χ4v) is 3.22. The number of aryl methyl sites for hydroxylation is 1. The summed E-state index contributed by atoms with van der Waals surface area (Å²) in [6, 6.07) is 12.1. The SMILES string of the molecule is COc1cc(C(C)=O)ccc1OCC(=O)O[C@@H](C)C(=O)c1c(C)[nH]c2ccccc12. The third-order valence-corrected chi connectivity index (χ3v) is 4.73. The number of esters is 1. The van der Waals surface area contributed by atoms with Gasteiger partial charge in [0.25, 0.3) is 0 Å². The van der Waals surface area contributed by atoms with E-state index >= 15 is 0 Å². The summed E-state index contributed by atoms with van der Waals surface area (Å²) in [7, 11) is 1.44. The molecule has 0 radical (unpaired) electrons. The molecule has 0 aliphatic rings. The van der Waals surface area contributed by atoms with Gasteiger partial charge in [-0.1, -0.05) is 18.2 Å². The molecular weight excluding hydrogens is 386 g/mol. The Morgan fingerprint density at radius 2 is 1.80 bits per heavy atom. The average molecular weight is 409 g/mol. The number of H-pyrrole nitrogens is 1. The van der Waals surface area contributed by atoms with E-state index in [9.17, 15) is 14.4 Å². The van der Waals surface area contributed by atoms with Crippen molar-refractivity contribution in [1.29, 1.82) is 0 Å². The third-order valence-electron chi connectivity index (χ3n) is 4.73. The lowest BCUT2D eigenvalue weighted by atomic mass is 10.0. The zero-order chi connectivity index (χ0) is 21.8. The number of para-hydroxylation sites is 1. The average Bonchev–Trinajstić information content (AvgIpc) is 3.06. The molecule has 1 heterocycles. The quantitative estimate of drug-likeness (QED) is 0.448. The van der Waals surface area contributed by atoms with Crippen LogP contribution < -0.4 is 9.47 Å². The summed E-state index contributed by atoms with van der Waals surface area (Å²) in [4.78, 5) is 39.7. The molecule has 7 heteroatoms. The molecule has 156 valence electrons. The summed E-state index contributed by atoms with van der Waals surface area (Å²) in [6.07, 6.45) is -0.971. The molecule has 0 amide bonds. The molecule has 1 aromatic heterocycles. The van der Waals surface area contributed by atoms with E-state index < -0.39 is 18.7 Å². The van der Waals surface area contributed by atoms with E-state index in [0.29, 0.717) is 22.6 Å². The Kier molecular flexibility index (Phi) is 6.20. The Morgan fingerprint density at radius 1 is 1.07 bits per heavy atom. The van der Waals surface area contributed by atoms with Crippen molar-refractivity contribution in [2.45, 2.75) is 26.9 Å². The molecule has 0 saturated carbocycles. The van der Waals surface area contributed by atoms with Gasteiger partial charge in [0.1, 0.15) is 0 Å². The van der Waals surface area contributed by atoms with Crippen molar-refractivity contribution >= 4 is 28.4 Å². The topological polar surface area (TPSA) is 94.7 Å². The summed E-state index contributed by atoms with van der Waals surface area (Å²) in [5.41, 5.74) is 2.54. The number of carbonyl (C=O) groups excluding carboxylic acids is 3. The third kappa shape index (κ3) is 4.35. The number of ketones is 2. The normalized spacial score (nSPS) is 11.7. The first-order chi connectivity index (χ1) is 14.3. The van der Waals surface area contributed by atoms with Gasteiger partial charge in [0, 0.05) is 27.7 Å². The van der Waals surface area contributed by atoms with E-state index in [4.69, 9.17) is 14.2 Å². The Labute approximate surface area is 173 Å². The lowest BCUT2D eigenvalue weighted by Crippen LogP contribution is -2.27. The van der Waals surface area contributed by atoms with Gasteiger partial charge in [-0.25, -0.2) is 4.79 Å². The fourth-order valence-electron chi connectivity index (χ4n) is 3.22. The number of hydrogen-bond acceptors (Lipinski definition) is 6. The number of methoxy groups -OCH3 is 1. The molecular formula is C23H23NO6. The number of ether oxygens (including phenoxy) is 3. The highest BCUT2D eigenvalue weighted by molar-refractivity contribution is 6.11. The summed E-state index contributed by atoms with van der Waals surface area (Å²) in [5, 5.41) is 0.787. The minimum absolute atomic E-state index is 0.112. The van der Waals surface area contributed by atoms with Crippen LogP contribution in [0.2, 0.25) is 0 Å². The van der Waals surface area contributed by atoms with Crippen LogP contribution in [0.3, 0.4) is 0 Å². The zero-order valence-electron chi connectivity index (χ0n) is 17.3. The molecule has 0 spiro atoms. The van der Waals surface area contributed by atoms with E-state index in [-0.39, 0.29) is 11.6 Å². The number of aromatic amines is 1. The molecule has 3 aromatic rings. The van der Waals surface area contributed by atoms with Crippen LogP contribution in [0.1, 0.15) is 40.3 Å². The summed E-state index contributed by atoms with van der Waals surface area (Å²) in [5.74, 6) is -0.466. The monoisotopic (exact) mass is 409 g/mol. The van der Waals surface area contributed by atoms with E-state index in [0.717, 1.165) is 16.6 Å². The second-order valence-electron chi connectivity index (χ2n) is 6.88. The van der Waals surface area contributed by atoms with Gasteiger partial charge >= 0.3 is 5.97 Å². The molecule has 0 unspecified atom stereocenters. The highest BCUT2D eigenvalue weighted by Gasteiger charge is 2.24. The van der Waals surface area contributed by atoms with Crippen molar-refractivity contribution in [3.63, 3.8) is 0 Å². The minimum Gasteiger partial charge on any atom is -0.493 e. The van der Waals surface area contributed by atoms with E-state index in [1.165, 1.54) is 27.0 Å². The van der Waals surface area contributed by atoms with Crippen molar-refractivity contribution in [3.8, 4) is 11.5 Å². The number of rotatable bonds is 8. The van der Waals surface area contributed by atoms with Crippen molar-refractivity contribution in [1.82, 2.24) is 4.98 Å². The Balaban J connectivity index is 1.65. The largest absolute Gasteiger partial charge is 0.493 e. The fraction of sp³-hybridized carbons (Fsp3) is 0.261. The smallest absolute Gasteiger partial charge is 0.344 e. The highest BCUT2D eigenvalue weighted by Crippen LogP contribution is 2.28. The molecule has 2 aromatic carbocycles. The zero-order valence-corrected chi connectivity index (χ0v) is 17.3. The van der Waals surface area contributed by atoms with Crippen LogP contribution in [0.5, 0.6) is 11.5 Å². The molecule has 7 nitrogen and oxygen atoms in total. The number of fused-ring (bicyclic) bond motifs is 1. The van der Waals surface area contributed by atoms with Gasteiger partial charge in [-0.3, -0.25) is 9.59 Å². The van der Waals surface area contributed by atoms with Crippen molar-refractivity contribution < 1.29 is 28.6 Å². The van der Waals surface area contributed by atoms with Crippen LogP contribution >= 0.6 is 0 Å².